The average molecular weight is 294 g/mol. The van der Waals surface area contributed by atoms with Gasteiger partial charge in [0.25, 0.3) is 0 Å². The first-order valence-electron chi connectivity index (χ1n) is 6.08. The molecule has 0 aliphatic rings. The predicted molar refractivity (Wildman–Crippen MR) is 81.0 cm³/mol. The van der Waals surface area contributed by atoms with E-state index in [9.17, 15) is 0 Å². The molecule has 0 N–H and O–H groups in total. The van der Waals surface area contributed by atoms with Crippen LogP contribution in [0.4, 0.5) is 0 Å². The van der Waals surface area contributed by atoms with Crippen molar-refractivity contribution < 1.29 is 4.74 Å². The second-order valence-corrected chi connectivity index (χ2v) is 5.17. The number of aryl methyl sites for hydroxylation is 1. The van der Waals surface area contributed by atoms with Gasteiger partial charge < -0.3 is 4.74 Å². The number of ether oxygens (including phenoxy) is 1. The van der Waals surface area contributed by atoms with Crippen LogP contribution in [0.2, 0.25) is 10.0 Å². The molecule has 1 atom stereocenters. The number of benzene rings is 2. The summed E-state index contributed by atoms with van der Waals surface area (Å²) in [5.74, 6) is 0.849. The van der Waals surface area contributed by atoms with Crippen LogP contribution in [0.1, 0.15) is 23.7 Å². The highest BCUT2D eigenvalue weighted by molar-refractivity contribution is 6.35. The molecule has 2 aromatic carbocycles. The van der Waals surface area contributed by atoms with Crippen LogP contribution in [-0.2, 0) is 0 Å². The van der Waals surface area contributed by atoms with Gasteiger partial charge in [-0.05, 0) is 44.0 Å². The van der Waals surface area contributed by atoms with Crippen molar-refractivity contribution in [3.8, 4) is 5.75 Å². The highest BCUT2D eigenvalue weighted by Crippen LogP contribution is 2.32. The lowest BCUT2D eigenvalue weighted by Gasteiger charge is -2.20. The minimum atomic E-state index is -0.175. The Morgan fingerprint density at radius 2 is 1.89 bits per heavy atom. The summed E-state index contributed by atoms with van der Waals surface area (Å²) in [6, 6.07) is 13.3. The highest BCUT2D eigenvalue weighted by atomic mass is 35.5. The number of para-hydroxylation sites is 1. The van der Waals surface area contributed by atoms with Gasteiger partial charge in [0.1, 0.15) is 11.9 Å². The topological polar surface area (TPSA) is 9.23 Å². The smallest absolute Gasteiger partial charge is 0.125 e. The van der Waals surface area contributed by atoms with Crippen LogP contribution in [-0.4, -0.2) is 0 Å². The first kappa shape index (κ1) is 14.2. The van der Waals surface area contributed by atoms with E-state index in [-0.39, 0.29) is 6.10 Å². The molecule has 1 radical (unpaired) electrons. The van der Waals surface area contributed by atoms with Gasteiger partial charge in [0.05, 0.1) is 0 Å². The van der Waals surface area contributed by atoms with Crippen LogP contribution >= 0.6 is 23.2 Å². The Kier molecular flexibility index (Phi) is 4.73. The molecule has 0 aliphatic carbocycles. The largest absolute Gasteiger partial charge is 0.485 e. The van der Waals surface area contributed by atoms with Crippen molar-refractivity contribution in [3.63, 3.8) is 0 Å². The van der Waals surface area contributed by atoms with Crippen molar-refractivity contribution in [2.75, 3.05) is 0 Å². The molecule has 0 saturated carbocycles. The van der Waals surface area contributed by atoms with Crippen LogP contribution in [0.5, 0.6) is 5.75 Å². The summed E-state index contributed by atoms with van der Waals surface area (Å²) in [4.78, 5) is 0. The Morgan fingerprint density at radius 1 is 1.16 bits per heavy atom. The minimum absolute atomic E-state index is 0.175. The molecule has 0 saturated heterocycles. The van der Waals surface area contributed by atoms with Crippen molar-refractivity contribution in [1.82, 2.24) is 0 Å². The second-order valence-electron chi connectivity index (χ2n) is 4.33. The first-order chi connectivity index (χ1) is 9.11. The second kappa shape index (κ2) is 6.31. The molecule has 99 valence electrons. The molecule has 1 unspecified atom stereocenters. The molecule has 0 heterocycles. The van der Waals surface area contributed by atoms with E-state index >= 15 is 0 Å². The lowest BCUT2D eigenvalue weighted by molar-refractivity contribution is 0.207. The van der Waals surface area contributed by atoms with Gasteiger partial charge >= 0.3 is 0 Å². The van der Waals surface area contributed by atoms with Crippen LogP contribution in [0, 0.1) is 13.8 Å². The summed E-state index contributed by atoms with van der Waals surface area (Å²) in [7, 11) is 0. The molecule has 1 nitrogen and oxygen atoms in total. The fourth-order valence-electron chi connectivity index (χ4n) is 1.88. The monoisotopic (exact) mass is 293 g/mol. The minimum Gasteiger partial charge on any atom is -0.485 e. The third-order valence-electron chi connectivity index (χ3n) is 2.93. The molecule has 3 heteroatoms. The number of rotatable bonds is 4. The highest BCUT2D eigenvalue weighted by Gasteiger charge is 2.15. The van der Waals surface area contributed by atoms with Crippen molar-refractivity contribution in [3.05, 3.63) is 70.6 Å². The van der Waals surface area contributed by atoms with E-state index in [1.807, 2.05) is 43.3 Å². The fourth-order valence-corrected chi connectivity index (χ4v) is 2.41. The zero-order valence-corrected chi connectivity index (χ0v) is 12.2. The molecule has 2 rings (SSSR count). The molecular formula is C16H15Cl2O. The number of hydrogen-bond acceptors (Lipinski definition) is 1. The van der Waals surface area contributed by atoms with Gasteiger partial charge in [-0.15, -0.1) is 0 Å². The Balaban J connectivity index is 2.28. The fraction of sp³-hybridized carbons (Fsp3) is 0.188. The van der Waals surface area contributed by atoms with Crippen LogP contribution in [0.25, 0.3) is 0 Å². The third kappa shape index (κ3) is 3.43. The standard InChI is InChI=1S/C16H15Cl2O/c1-3-15(13-9-8-12(17)10-14(13)18)19-16-7-5-4-6-11(16)2/h4-10,15H,1,3H2,2H3. The first-order valence-corrected chi connectivity index (χ1v) is 6.84. The van der Waals surface area contributed by atoms with E-state index < -0.39 is 0 Å². The SMILES string of the molecule is [CH2]CC(Oc1ccccc1C)c1ccc(Cl)cc1Cl. The Bertz CT molecular complexity index is 566. The van der Waals surface area contributed by atoms with Crippen molar-refractivity contribution in [1.29, 1.82) is 0 Å². The van der Waals surface area contributed by atoms with Crippen LogP contribution in [0.15, 0.2) is 42.5 Å². The van der Waals surface area contributed by atoms with Gasteiger partial charge in [-0.3, -0.25) is 0 Å². The quantitative estimate of drug-likeness (QED) is 0.708. The number of halogens is 2. The van der Waals surface area contributed by atoms with Gasteiger partial charge in [-0.1, -0.05) is 47.5 Å². The summed E-state index contributed by atoms with van der Waals surface area (Å²) in [6.07, 6.45) is 0.418. The maximum atomic E-state index is 6.22. The maximum absolute atomic E-state index is 6.22. The molecule has 0 aliphatic heterocycles. The molecule has 19 heavy (non-hydrogen) atoms. The molecule has 2 aromatic rings. The Hall–Kier alpha value is -1.18. The zero-order chi connectivity index (χ0) is 13.8. The van der Waals surface area contributed by atoms with Crippen molar-refractivity contribution >= 4 is 23.2 Å². The molecule has 0 amide bonds. The van der Waals surface area contributed by atoms with Crippen LogP contribution < -0.4 is 4.74 Å². The Labute approximate surface area is 124 Å². The summed E-state index contributed by atoms with van der Waals surface area (Å²) < 4.78 is 6.01. The molecule has 0 spiro atoms. The molecule has 0 bridgehead atoms. The summed E-state index contributed by atoms with van der Waals surface area (Å²) in [6.45, 7) is 5.95. The lowest BCUT2D eigenvalue weighted by atomic mass is 10.1. The zero-order valence-electron chi connectivity index (χ0n) is 10.7. The van der Waals surface area contributed by atoms with E-state index in [1.54, 1.807) is 6.07 Å². The van der Waals surface area contributed by atoms with Gasteiger partial charge in [-0.2, -0.15) is 0 Å². The molecule has 0 fully saturated rings. The van der Waals surface area contributed by atoms with E-state index in [0.717, 1.165) is 16.9 Å². The van der Waals surface area contributed by atoms with Gasteiger partial charge in [-0.25, -0.2) is 0 Å². The van der Waals surface area contributed by atoms with Gasteiger partial charge in [0.2, 0.25) is 0 Å². The van der Waals surface area contributed by atoms with Gasteiger partial charge in [0.15, 0.2) is 0 Å². The summed E-state index contributed by atoms with van der Waals surface area (Å²) >= 11 is 12.1. The maximum Gasteiger partial charge on any atom is 0.125 e. The number of hydrogen-bond donors (Lipinski definition) is 0. The summed E-state index contributed by atoms with van der Waals surface area (Å²) in [5.41, 5.74) is 2.00. The van der Waals surface area contributed by atoms with E-state index in [2.05, 4.69) is 6.92 Å². The van der Waals surface area contributed by atoms with E-state index in [0.29, 0.717) is 16.5 Å². The van der Waals surface area contributed by atoms with Crippen molar-refractivity contribution in [2.24, 2.45) is 0 Å². The molecule has 0 aromatic heterocycles. The predicted octanol–water partition coefficient (Wildman–Crippen LogP) is 5.65. The Morgan fingerprint density at radius 3 is 2.53 bits per heavy atom. The van der Waals surface area contributed by atoms with Crippen molar-refractivity contribution in [2.45, 2.75) is 19.4 Å². The third-order valence-corrected chi connectivity index (χ3v) is 3.50. The van der Waals surface area contributed by atoms with E-state index in [4.69, 9.17) is 27.9 Å². The van der Waals surface area contributed by atoms with Crippen LogP contribution in [0.3, 0.4) is 0 Å². The lowest BCUT2D eigenvalue weighted by Crippen LogP contribution is -2.08. The van der Waals surface area contributed by atoms with E-state index in [1.165, 1.54) is 0 Å². The average Bonchev–Trinajstić information content (AvgIpc) is 2.39. The summed E-state index contributed by atoms with van der Waals surface area (Å²) in [5, 5.41) is 1.22. The normalized spacial score (nSPS) is 12.2. The van der Waals surface area contributed by atoms with Gasteiger partial charge in [0, 0.05) is 15.6 Å². The molecular weight excluding hydrogens is 279 g/mol.